The summed E-state index contributed by atoms with van der Waals surface area (Å²) in [4.78, 5) is 23.4. The number of anilines is 1. The molecule has 9 nitrogen and oxygen atoms in total. The van der Waals surface area contributed by atoms with Gasteiger partial charge in [0, 0.05) is 11.6 Å². The van der Waals surface area contributed by atoms with Crippen LogP contribution in [0.1, 0.15) is 19.8 Å². The first-order valence-electron chi connectivity index (χ1n) is 7.41. The van der Waals surface area contributed by atoms with Crippen molar-refractivity contribution in [3.05, 3.63) is 58.1 Å². The number of aromatic nitrogens is 2. The number of rotatable bonds is 3. The molecular formula is C16H12N5NaO4. The van der Waals surface area contributed by atoms with Crippen LogP contribution in [0.25, 0.3) is 11.0 Å². The number of hydrogen-bond donors (Lipinski definition) is 0. The molecule has 10 heteroatoms. The number of hydrazone groups is 1. The van der Waals surface area contributed by atoms with E-state index in [0.29, 0.717) is 17.0 Å². The Bertz CT molecular complexity index is 1040. The van der Waals surface area contributed by atoms with E-state index in [1.807, 2.05) is 18.2 Å². The van der Waals surface area contributed by atoms with Crippen molar-refractivity contribution in [3.63, 3.8) is 0 Å². The second-order valence-corrected chi connectivity index (χ2v) is 5.55. The first kappa shape index (κ1) is 18.2. The summed E-state index contributed by atoms with van der Waals surface area (Å²) in [6, 6.07) is 11.8. The molecule has 1 unspecified atom stereocenters. The van der Waals surface area contributed by atoms with Gasteiger partial charge >= 0.3 is 35.2 Å². The zero-order valence-electron chi connectivity index (χ0n) is 15.0. The minimum absolute atomic E-state index is 0. The van der Waals surface area contributed by atoms with Gasteiger partial charge in [-0.1, -0.05) is 18.2 Å². The summed E-state index contributed by atoms with van der Waals surface area (Å²) in [7, 11) is 0. The molecule has 0 saturated heterocycles. The Hall–Kier alpha value is -2.62. The molecule has 0 spiro atoms. The maximum atomic E-state index is 12.9. The van der Waals surface area contributed by atoms with Gasteiger partial charge in [-0.3, -0.25) is 14.9 Å². The molecule has 2 aromatic carbocycles. The van der Waals surface area contributed by atoms with Crippen molar-refractivity contribution >= 4 is 34.0 Å². The van der Waals surface area contributed by atoms with E-state index in [9.17, 15) is 14.9 Å². The maximum absolute atomic E-state index is 12.9. The van der Waals surface area contributed by atoms with E-state index in [1.54, 1.807) is 19.1 Å². The number of benzene rings is 2. The molecule has 1 atom stereocenters. The fourth-order valence-electron chi connectivity index (χ4n) is 2.93. The third kappa shape index (κ3) is 2.79. The van der Waals surface area contributed by atoms with Crippen molar-refractivity contribution in [1.82, 2.24) is 10.3 Å². The Labute approximate surface area is 170 Å². The molecule has 26 heavy (non-hydrogen) atoms. The average Bonchev–Trinajstić information content (AvgIpc) is 3.20. The predicted octanol–water partition coefficient (Wildman–Crippen LogP) is -0.246. The van der Waals surface area contributed by atoms with Crippen LogP contribution in [0.4, 0.5) is 11.4 Å². The van der Waals surface area contributed by atoms with E-state index in [4.69, 9.17) is 0 Å². The molecule has 1 aromatic heterocycles. The number of para-hydroxylation sites is 1. The number of nitro groups is 1. The SMILES string of the molecule is CC1=NN(c2ccccc2)C(=O)C1c1ccc([N+](=O)[O-])c2nonc12.[H-].[Na+]. The Kier molecular flexibility index (Phi) is 4.86. The van der Waals surface area contributed by atoms with E-state index in [-0.39, 0.29) is 53.6 Å². The van der Waals surface area contributed by atoms with Crippen LogP contribution in [0.3, 0.4) is 0 Å². The van der Waals surface area contributed by atoms with E-state index in [2.05, 4.69) is 20.0 Å². The summed E-state index contributed by atoms with van der Waals surface area (Å²) in [5, 5.41) is 24.1. The van der Waals surface area contributed by atoms with Gasteiger partial charge in [0.05, 0.1) is 16.3 Å². The molecule has 1 aliphatic rings. The monoisotopic (exact) mass is 361 g/mol. The van der Waals surface area contributed by atoms with E-state index < -0.39 is 10.8 Å². The van der Waals surface area contributed by atoms with Crippen molar-refractivity contribution in [3.8, 4) is 0 Å². The minimum atomic E-state index is -0.699. The Morgan fingerprint density at radius 1 is 1.15 bits per heavy atom. The van der Waals surface area contributed by atoms with Crippen LogP contribution in [-0.2, 0) is 4.79 Å². The molecule has 4 rings (SSSR count). The number of carbonyl (C=O) groups is 1. The third-order valence-corrected chi connectivity index (χ3v) is 4.07. The molecule has 0 radical (unpaired) electrons. The number of hydrogen-bond acceptors (Lipinski definition) is 7. The zero-order valence-corrected chi connectivity index (χ0v) is 16.0. The zero-order chi connectivity index (χ0) is 17.6. The van der Waals surface area contributed by atoms with Gasteiger partial charge in [0.25, 0.3) is 5.91 Å². The smallest absolute Gasteiger partial charge is 1.00 e. The Morgan fingerprint density at radius 3 is 2.54 bits per heavy atom. The molecular weight excluding hydrogens is 349 g/mol. The minimum Gasteiger partial charge on any atom is -1.00 e. The summed E-state index contributed by atoms with van der Waals surface area (Å²) >= 11 is 0. The van der Waals surface area contributed by atoms with Crippen molar-refractivity contribution in [2.45, 2.75) is 12.8 Å². The number of amides is 1. The van der Waals surface area contributed by atoms with Crippen LogP contribution < -0.4 is 34.6 Å². The van der Waals surface area contributed by atoms with Gasteiger partial charge in [-0.05, 0) is 35.4 Å². The van der Waals surface area contributed by atoms with Crippen LogP contribution in [-0.4, -0.2) is 26.9 Å². The fourth-order valence-corrected chi connectivity index (χ4v) is 2.93. The van der Waals surface area contributed by atoms with Crippen LogP contribution in [0.15, 0.2) is 52.2 Å². The molecule has 0 fully saturated rings. The molecule has 0 bridgehead atoms. The number of nitro benzene ring substituents is 1. The van der Waals surface area contributed by atoms with E-state index in [1.165, 1.54) is 17.1 Å². The van der Waals surface area contributed by atoms with Crippen LogP contribution in [0.5, 0.6) is 0 Å². The standard InChI is InChI=1S/C16H11N5O4.Na.H/c1-9-13(16(22)20(17-9)10-5-3-2-4-6-10)11-7-8-12(21(23)24)15-14(11)18-25-19-15;;/h2-8,13H,1H3;;/q;+1;-1. The normalized spacial score (nSPS) is 16.5. The fraction of sp³-hybridized carbons (Fsp3) is 0.125. The summed E-state index contributed by atoms with van der Waals surface area (Å²) in [5.41, 5.74) is 1.67. The topological polar surface area (TPSA) is 115 Å². The largest absolute Gasteiger partial charge is 1.00 e. The second-order valence-electron chi connectivity index (χ2n) is 5.55. The molecule has 2 heterocycles. The van der Waals surface area contributed by atoms with Gasteiger partial charge in [0.2, 0.25) is 5.52 Å². The van der Waals surface area contributed by atoms with Gasteiger partial charge in [0.1, 0.15) is 11.4 Å². The van der Waals surface area contributed by atoms with Gasteiger partial charge in [-0.25, -0.2) is 4.63 Å². The Morgan fingerprint density at radius 2 is 1.85 bits per heavy atom. The first-order valence-corrected chi connectivity index (χ1v) is 7.41. The van der Waals surface area contributed by atoms with Crippen LogP contribution in [0.2, 0.25) is 0 Å². The van der Waals surface area contributed by atoms with Crippen molar-refractivity contribution in [2.75, 3.05) is 5.01 Å². The average molecular weight is 361 g/mol. The molecule has 1 aliphatic heterocycles. The number of non-ortho nitro benzene ring substituents is 1. The number of carbonyl (C=O) groups excluding carboxylic acids is 1. The number of fused-ring (bicyclic) bond motifs is 1. The van der Waals surface area contributed by atoms with E-state index in [0.717, 1.165) is 0 Å². The van der Waals surface area contributed by atoms with Gasteiger partial charge in [-0.2, -0.15) is 10.1 Å². The van der Waals surface area contributed by atoms with Gasteiger partial charge in [0.15, 0.2) is 0 Å². The molecule has 0 aliphatic carbocycles. The molecule has 126 valence electrons. The third-order valence-electron chi connectivity index (χ3n) is 4.07. The molecule has 1 amide bonds. The first-order chi connectivity index (χ1) is 12.1. The van der Waals surface area contributed by atoms with Crippen molar-refractivity contribution < 1.29 is 45.3 Å². The predicted molar refractivity (Wildman–Crippen MR) is 89.3 cm³/mol. The summed E-state index contributed by atoms with van der Waals surface area (Å²) in [6.07, 6.45) is 0. The summed E-state index contributed by atoms with van der Waals surface area (Å²) in [6.45, 7) is 1.73. The van der Waals surface area contributed by atoms with Crippen molar-refractivity contribution in [1.29, 1.82) is 0 Å². The molecule has 3 aromatic rings. The number of nitrogens with zero attached hydrogens (tertiary/aromatic N) is 5. The maximum Gasteiger partial charge on any atom is 1.00 e. The van der Waals surface area contributed by atoms with Crippen LogP contribution >= 0.6 is 0 Å². The van der Waals surface area contributed by atoms with Crippen LogP contribution in [0, 0.1) is 10.1 Å². The molecule has 0 saturated carbocycles. The van der Waals surface area contributed by atoms with Gasteiger partial charge < -0.3 is 1.43 Å². The second kappa shape index (κ2) is 6.94. The summed E-state index contributed by atoms with van der Waals surface area (Å²) in [5.74, 6) is -0.961. The Balaban J connectivity index is 0.00000131. The summed E-state index contributed by atoms with van der Waals surface area (Å²) < 4.78 is 4.67. The quantitative estimate of drug-likeness (QED) is 0.361. The van der Waals surface area contributed by atoms with E-state index >= 15 is 0 Å². The van der Waals surface area contributed by atoms with Crippen molar-refractivity contribution in [2.24, 2.45) is 5.10 Å². The van der Waals surface area contributed by atoms with Gasteiger partial charge in [-0.15, -0.1) is 0 Å². The molecule has 0 N–H and O–H groups in total.